The van der Waals surface area contributed by atoms with Crippen molar-refractivity contribution in [2.75, 3.05) is 6.54 Å². The van der Waals surface area contributed by atoms with Crippen molar-refractivity contribution < 1.29 is 43.3 Å². The molecule has 11 nitrogen and oxygen atoms in total. The number of carbonyl (C=O) groups is 5. The van der Waals surface area contributed by atoms with Crippen LogP contribution in [0, 0.1) is 0 Å². The number of nitrogens with zero attached hydrogens (tertiary/aromatic N) is 2. The second kappa shape index (κ2) is 12.2. The molecule has 192 valence electrons. The first-order valence-electron chi connectivity index (χ1n) is 11.3. The van der Waals surface area contributed by atoms with Crippen molar-refractivity contribution in [2.24, 2.45) is 0 Å². The van der Waals surface area contributed by atoms with Crippen LogP contribution < -0.4 is 0 Å². The summed E-state index contributed by atoms with van der Waals surface area (Å²) in [5.74, 6) is -3.14. The van der Waals surface area contributed by atoms with Crippen LogP contribution in [0.2, 0.25) is 0 Å². The molecule has 2 amide bonds. The number of hydrogen-bond acceptors (Lipinski definition) is 8. The minimum atomic E-state index is -1.50. The lowest BCUT2D eigenvalue weighted by Crippen LogP contribution is -2.63. The van der Waals surface area contributed by atoms with Crippen LogP contribution in [-0.4, -0.2) is 69.3 Å². The fourth-order valence-electron chi connectivity index (χ4n) is 3.52. The van der Waals surface area contributed by atoms with Crippen LogP contribution in [0.3, 0.4) is 0 Å². The van der Waals surface area contributed by atoms with Crippen molar-refractivity contribution in [1.82, 2.24) is 10.0 Å². The van der Waals surface area contributed by atoms with E-state index in [0.29, 0.717) is 11.4 Å². The zero-order valence-corrected chi connectivity index (χ0v) is 20.4. The Hall–Kier alpha value is -3.63. The maximum absolute atomic E-state index is 13.4. The number of carboxylic acid groups (broad SMARTS) is 1. The molecule has 0 saturated carbocycles. The predicted molar refractivity (Wildman–Crippen MR) is 121 cm³/mol. The Kier molecular flexibility index (Phi) is 9.61. The maximum atomic E-state index is 13.4. The summed E-state index contributed by atoms with van der Waals surface area (Å²) in [7, 11) is 0. The van der Waals surface area contributed by atoms with E-state index in [4.69, 9.17) is 14.2 Å². The summed E-state index contributed by atoms with van der Waals surface area (Å²) in [6, 6.07) is 7.76. The summed E-state index contributed by atoms with van der Waals surface area (Å²) in [6.45, 7) is 6.04. The summed E-state index contributed by atoms with van der Waals surface area (Å²) < 4.78 is 15.7. The molecule has 0 aliphatic carbocycles. The molecule has 1 aromatic rings. The molecule has 1 fully saturated rings. The van der Waals surface area contributed by atoms with Gasteiger partial charge in [0.2, 0.25) is 0 Å². The Balaban J connectivity index is 2.17. The van der Waals surface area contributed by atoms with Crippen LogP contribution >= 0.6 is 0 Å². The Bertz CT molecular complexity index is 927. The first kappa shape index (κ1) is 27.6. The number of rotatable bonds is 8. The molecule has 0 unspecified atom stereocenters. The van der Waals surface area contributed by atoms with Crippen molar-refractivity contribution in [3.8, 4) is 0 Å². The number of amides is 2. The number of hydrazine groups is 1. The summed E-state index contributed by atoms with van der Waals surface area (Å²) in [4.78, 5) is 62.0. The molecule has 1 aliphatic heterocycles. The Morgan fingerprint density at radius 2 is 1.77 bits per heavy atom. The zero-order valence-electron chi connectivity index (χ0n) is 20.4. The molecule has 11 heteroatoms. The summed E-state index contributed by atoms with van der Waals surface area (Å²) in [5, 5.41) is 11.1. The van der Waals surface area contributed by atoms with E-state index in [9.17, 15) is 29.1 Å². The fraction of sp³-hybridized carbons (Fsp3) is 0.542. The van der Waals surface area contributed by atoms with Gasteiger partial charge in [-0.2, -0.15) is 0 Å². The molecule has 1 aliphatic rings. The average Bonchev–Trinajstić information content (AvgIpc) is 2.78. The third-order valence-corrected chi connectivity index (χ3v) is 4.97. The maximum Gasteiger partial charge on any atom is 0.426 e. The summed E-state index contributed by atoms with van der Waals surface area (Å²) >= 11 is 0. The van der Waals surface area contributed by atoms with Gasteiger partial charge in [0.25, 0.3) is 5.91 Å². The monoisotopic (exact) mass is 492 g/mol. The van der Waals surface area contributed by atoms with E-state index >= 15 is 0 Å². The molecule has 0 aromatic heterocycles. The zero-order chi connectivity index (χ0) is 26.2. The quantitative estimate of drug-likeness (QED) is 0.428. The van der Waals surface area contributed by atoms with Gasteiger partial charge in [0.05, 0.1) is 0 Å². The number of ether oxygens (including phenoxy) is 3. The minimum absolute atomic E-state index is 0.0332. The number of benzene rings is 1. The second-order valence-corrected chi connectivity index (χ2v) is 9.06. The first-order valence-corrected chi connectivity index (χ1v) is 11.3. The van der Waals surface area contributed by atoms with Gasteiger partial charge in [0, 0.05) is 26.3 Å². The Morgan fingerprint density at radius 1 is 1.11 bits per heavy atom. The van der Waals surface area contributed by atoms with Crippen LogP contribution in [0.25, 0.3) is 0 Å². The molecular weight excluding hydrogens is 460 g/mol. The number of carbonyl (C=O) groups excluding carboxylic acids is 4. The summed E-state index contributed by atoms with van der Waals surface area (Å²) in [5.41, 5.74) is -0.0890. The molecule has 2 rings (SSSR count). The molecular formula is C24H32N2O9. The average molecular weight is 493 g/mol. The van der Waals surface area contributed by atoms with Crippen molar-refractivity contribution in [2.45, 2.75) is 77.7 Å². The van der Waals surface area contributed by atoms with Gasteiger partial charge in [-0.15, -0.1) is 0 Å². The van der Waals surface area contributed by atoms with Gasteiger partial charge < -0.3 is 19.3 Å². The Morgan fingerprint density at radius 3 is 2.34 bits per heavy atom. The van der Waals surface area contributed by atoms with E-state index in [-0.39, 0.29) is 32.4 Å². The number of hydrogen-bond donors (Lipinski definition) is 1. The molecule has 1 aromatic carbocycles. The van der Waals surface area contributed by atoms with Crippen LogP contribution in [0.5, 0.6) is 0 Å². The topological polar surface area (TPSA) is 140 Å². The van der Waals surface area contributed by atoms with Crippen LogP contribution in [0.4, 0.5) is 4.79 Å². The fourth-order valence-corrected chi connectivity index (χ4v) is 3.52. The highest BCUT2D eigenvalue weighted by atomic mass is 16.6. The molecule has 0 radical (unpaired) electrons. The molecule has 0 bridgehead atoms. The second-order valence-electron chi connectivity index (χ2n) is 9.06. The largest absolute Gasteiger partial charge is 0.464 e. The highest BCUT2D eigenvalue weighted by molar-refractivity contribution is 5.90. The standard InChI is InChI=1S/C24H32N2O9/c1-16(27)34-19(12-13-20(28)33-15-17-9-6-5-7-10-17)21(29)26-18(22(30)35-24(2,3)4)11-8-14-25(26)23(31)32/h5-7,9-10,18-19H,8,11-15H2,1-4H3,(H,31,32)/t18-,19-/m0/s1. The van der Waals surface area contributed by atoms with E-state index in [2.05, 4.69) is 0 Å². The molecule has 1 heterocycles. The van der Waals surface area contributed by atoms with Crippen molar-refractivity contribution >= 4 is 29.9 Å². The predicted octanol–water partition coefficient (Wildman–Crippen LogP) is 2.67. The van der Waals surface area contributed by atoms with Gasteiger partial charge >= 0.3 is 24.0 Å². The lowest BCUT2D eigenvalue weighted by Gasteiger charge is -2.42. The first-order chi connectivity index (χ1) is 16.4. The van der Waals surface area contributed by atoms with E-state index in [0.717, 1.165) is 17.5 Å². The van der Waals surface area contributed by atoms with Gasteiger partial charge in [0.1, 0.15) is 12.2 Å². The van der Waals surface area contributed by atoms with E-state index in [1.807, 2.05) is 6.07 Å². The van der Waals surface area contributed by atoms with Crippen LogP contribution in [-0.2, 0) is 40.0 Å². The van der Waals surface area contributed by atoms with Crippen LogP contribution in [0.1, 0.15) is 58.9 Å². The van der Waals surface area contributed by atoms with Crippen molar-refractivity contribution in [1.29, 1.82) is 0 Å². The van der Waals surface area contributed by atoms with Gasteiger partial charge in [-0.1, -0.05) is 30.3 Å². The highest BCUT2D eigenvalue weighted by Crippen LogP contribution is 2.24. The molecule has 35 heavy (non-hydrogen) atoms. The lowest BCUT2D eigenvalue weighted by atomic mass is 10.1. The molecule has 2 atom stereocenters. The SMILES string of the molecule is CC(=O)O[C@@H](CCC(=O)OCc1ccccc1)C(=O)N1[C@H](C(=O)OC(C)(C)C)CCCN1C(=O)O. The van der Waals surface area contributed by atoms with Gasteiger partial charge in [-0.05, 0) is 39.2 Å². The van der Waals surface area contributed by atoms with Gasteiger partial charge in [-0.25, -0.2) is 19.6 Å². The van der Waals surface area contributed by atoms with Crippen molar-refractivity contribution in [3.05, 3.63) is 35.9 Å². The summed E-state index contributed by atoms with van der Waals surface area (Å²) in [6.07, 6.45) is -2.98. The van der Waals surface area contributed by atoms with Gasteiger partial charge in [-0.3, -0.25) is 14.4 Å². The normalized spacial score (nSPS) is 16.7. The Labute approximate surface area is 203 Å². The lowest BCUT2D eigenvalue weighted by molar-refractivity contribution is -0.187. The van der Waals surface area contributed by atoms with Crippen molar-refractivity contribution in [3.63, 3.8) is 0 Å². The molecule has 1 saturated heterocycles. The third kappa shape index (κ3) is 8.58. The third-order valence-electron chi connectivity index (χ3n) is 4.97. The molecule has 0 spiro atoms. The van der Waals surface area contributed by atoms with E-state index < -0.39 is 47.7 Å². The van der Waals surface area contributed by atoms with Crippen LogP contribution in [0.15, 0.2) is 30.3 Å². The number of esters is 3. The highest BCUT2D eigenvalue weighted by Gasteiger charge is 2.44. The molecule has 1 N–H and O–H groups in total. The smallest absolute Gasteiger partial charge is 0.426 e. The van der Waals surface area contributed by atoms with Gasteiger partial charge in [0.15, 0.2) is 12.1 Å². The van der Waals surface area contributed by atoms with E-state index in [1.54, 1.807) is 45.0 Å². The van der Waals surface area contributed by atoms with E-state index in [1.165, 1.54) is 0 Å². The minimum Gasteiger partial charge on any atom is -0.464 e.